The zero-order valence-electron chi connectivity index (χ0n) is 20.4. The molecule has 0 radical (unpaired) electrons. The van der Waals surface area contributed by atoms with E-state index in [0.717, 1.165) is 41.0 Å². The molecule has 0 fully saturated rings. The van der Waals surface area contributed by atoms with E-state index in [4.69, 9.17) is 14.5 Å². The number of carbonyl (C=O) groups is 1. The van der Waals surface area contributed by atoms with Crippen molar-refractivity contribution in [3.8, 4) is 11.5 Å². The fraction of sp³-hybridized carbons (Fsp3) is 0.167. The van der Waals surface area contributed by atoms with E-state index in [-0.39, 0.29) is 11.6 Å². The predicted molar refractivity (Wildman–Crippen MR) is 143 cm³/mol. The average molecular weight is 509 g/mol. The van der Waals surface area contributed by atoms with E-state index in [1.54, 1.807) is 29.9 Å². The van der Waals surface area contributed by atoms with Crippen molar-refractivity contribution >= 4 is 29.1 Å². The maximum Gasteiger partial charge on any atom is 0.308 e. The number of thiazole rings is 1. The Bertz CT molecular complexity index is 1760. The van der Waals surface area contributed by atoms with Gasteiger partial charge in [0.15, 0.2) is 4.80 Å². The maximum absolute atomic E-state index is 13.9. The molecule has 3 aromatic carbocycles. The fourth-order valence-electron chi connectivity index (χ4n) is 5.12. The van der Waals surface area contributed by atoms with Crippen molar-refractivity contribution in [2.24, 2.45) is 4.99 Å². The van der Waals surface area contributed by atoms with Crippen LogP contribution >= 0.6 is 11.3 Å². The molecule has 0 saturated heterocycles. The first-order valence-electron chi connectivity index (χ1n) is 12.1. The first-order chi connectivity index (χ1) is 18.0. The van der Waals surface area contributed by atoms with Crippen molar-refractivity contribution in [3.05, 3.63) is 120 Å². The number of ether oxygens (including phenoxy) is 2. The van der Waals surface area contributed by atoms with Gasteiger partial charge in [0.1, 0.15) is 11.5 Å². The molecule has 7 heteroatoms. The average Bonchev–Trinajstić information content (AvgIpc) is 3.22. The number of para-hydroxylation sites is 1. The Kier molecular flexibility index (Phi) is 5.85. The SMILES string of the molecule is COc1cccc([C@H]2C3=C(N=c4s/c(=C/c5ccccc5OC(C)=O)c(=O)n42)c2ccccc2CC3)c1. The van der Waals surface area contributed by atoms with E-state index in [1.807, 2.05) is 42.5 Å². The Morgan fingerprint density at radius 2 is 1.86 bits per heavy atom. The molecule has 1 aromatic heterocycles. The van der Waals surface area contributed by atoms with Crippen LogP contribution in [0.15, 0.2) is 88.2 Å². The maximum atomic E-state index is 13.9. The summed E-state index contributed by atoms with van der Waals surface area (Å²) >= 11 is 1.35. The predicted octanol–water partition coefficient (Wildman–Crippen LogP) is 4.25. The van der Waals surface area contributed by atoms with Gasteiger partial charge in [0.05, 0.1) is 23.4 Å². The third kappa shape index (κ3) is 4.11. The summed E-state index contributed by atoms with van der Waals surface area (Å²) in [4.78, 5) is 31.2. The van der Waals surface area contributed by atoms with Crippen molar-refractivity contribution in [1.29, 1.82) is 0 Å². The number of nitrogens with zero attached hydrogens (tertiary/aromatic N) is 2. The van der Waals surface area contributed by atoms with Crippen molar-refractivity contribution in [2.75, 3.05) is 7.11 Å². The highest BCUT2D eigenvalue weighted by Gasteiger charge is 2.32. The van der Waals surface area contributed by atoms with Crippen molar-refractivity contribution in [1.82, 2.24) is 4.57 Å². The van der Waals surface area contributed by atoms with Crippen LogP contribution in [-0.4, -0.2) is 17.6 Å². The van der Waals surface area contributed by atoms with Crippen LogP contribution in [0.3, 0.4) is 0 Å². The van der Waals surface area contributed by atoms with Crippen molar-refractivity contribution in [3.63, 3.8) is 0 Å². The molecule has 0 amide bonds. The summed E-state index contributed by atoms with van der Waals surface area (Å²) in [7, 11) is 1.65. The number of rotatable bonds is 4. The number of esters is 1. The van der Waals surface area contributed by atoms with Crippen LogP contribution in [0.2, 0.25) is 0 Å². The smallest absolute Gasteiger partial charge is 0.308 e. The molecular weight excluding hydrogens is 484 g/mol. The summed E-state index contributed by atoms with van der Waals surface area (Å²) in [5.74, 6) is 0.746. The molecular formula is C30H24N2O4S. The van der Waals surface area contributed by atoms with Crippen LogP contribution in [0.5, 0.6) is 11.5 Å². The largest absolute Gasteiger partial charge is 0.497 e. The summed E-state index contributed by atoms with van der Waals surface area (Å²) in [6.45, 7) is 1.36. The van der Waals surface area contributed by atoms with E-state index < -0.39 is 5.97 Å². The zero-order valence-corrected chi connectivity index (χ0v) is 21.2. The lowest BCUT2D eigenvalue weighted by Crippen LogP contribution is -2.38. The fourth-order valence-corrected chi connectivity index (χ4v) is 6.11. The molecule has 6 nitrogen and oxygen atoms in total. The Morgan fingerprint density at radius 1 is 1.05 bits per heavy atom. The van der Waals surface area contributed by atoms with Crippen LogP contribution in [0, 0.1) is 0 Å². The number of methoxy groups -OCH3 is 1. The molecule has 0 bridgehead atoms. The quantitative estimate of drug-likeness (QED) is 0.305. The van der Waals surface area contributed by atoms with Crippen molar-refractivity contribution < 1.29 is 14.3 Å². The lowest BCUT2D eigenvalue weighted by molar-refractivity contribution is -0.131. The minimum absolute atomic E-state index is 0.125. The first kappa shape index (κ1) is 23.2. The van der Waals surface area contributed by atoms with Gasteiger partial charge in [0.2, 0.25) is 0 Å². The minimum Gasteiger partial charge on any atom is -0.497 e. The third-order valence-electron chi connectivity index (χ3n) is 6.74. The highest BCUT2D eigenvalue weighted by molar-refractivity contribution is 7.07. The number of hydrogen-bond acceptors (Lipinski definition) is 6. The van der Waals surface area contributed by atoms with E-state index >= 15 is 0 Å². The summed E-state index contributed by atoms with van der Waals surface area (Å²) in [5.41, 5.74) is 5.98. The van der Waals surface area contributed by atoms with E-state index in [1.165, 1.54) is 23.8 Å². The molecule has 6 rings (SSSR count). The molecule has 184 valence electrons. The second-order valence-electron chi connectivity index (χ2n) is 9.02. The molecule has 1 aliphatic heterocycles. The van der Waals surface area contributed by atoms with Crippen LogP contribution in [-0.2, 0) is 11.2 Å². The molecule has 4 aromatic rings. The lowest BCUT2D eigenvalue weighted by atomic mass is 9.83. The standard InChI is InChI=1S/C30H24N2O4S/c1-18(33)36-25-13-6-4-9-20(25)17-26-29(34)32-28(21-10-7-11-22(16-21)35-2)24-15-14-19-8-3-5-12-23(19)27(24)31-30(32)37-26/h3-13,16-17,28H,14-15H2,1-2H3/b26-17+/t28-/m0/s1. The van der Waals surface area contributed by atoms with Gasteiger partial charge in [0, 0.05) is 18.1 Å². The summed E-state index contributed by atoms with van der Waals surface area (Å²) in [6.07, 6.45) is 3.49. The van der Waals surface area contributed by atoms with Gasteiger partial charge in [-0.3, -0.25) is 14.2 Å². The Morgan fingerprint density at radius 3 is 2.70 bits per heavy atom. The number of hydrogen-bond donors (Lipinski definition) is 0. The zero-order chi connectivity index (χ0) is 25.5. The topological polar surface area (TPSA) is 69.9 Å². The van der Waals surface area contributed by atoms with Crippen molar-refractivity contribution in [2.45, 2.75) is 25.8 Å². The summed E-state index contributed by atoms with van der Waals surface area (Å²) in [5, 5.41) is 0. The highest BCUT2D eigenvalue weighted by atomic mass is 32.1. The monoisotopic (exact) mass is 508 g/mol. The summed E-state index contributed by atoms with van der Waals surface area (Å²) in [6, 6.07) is 23.2. The second-order valence-corrected chi connectivity index (χ2v) is 10.0. The molecule has 1 aliphatic carbocycles. The number of fused-ring (bicyclic) bond motifs is 3. The molecule has 37 heavy (non-hydrogen) atoms. The Labute approximate surface area is 217 Å². The molecule has 0 unspecified atom stereocenters. The molecule has 0 saturated carbocycles. The van der Waals surface area contributed by atoms with Gasteiger partial charge in [-0.1, -0.05) is 65.9 Å². The van der Waals surface area contributed by atoms with Gasteiger partial charge in [0.25, 0.3) is 5.56 Å². The van der Waals surface area contributed by atoms with E-state index in [2.05, 4.69) is 18.2 Å². The van der Waals surface area contributed by atoms with Crippen LogP contribution in [0.1, 0.15) is 41.6 Å². The molecule has 2 aliphatic rings. The highest BCUT2D eigenvalue weighted by Crippen LogP contribution is 2.41. The van der Waals surface area contributed by atoms with Gasteiger partial charge in [-0.2, -0.15) is 0 Å². The molecule has 0 N–H and O–H groups in total. The number of benzene rings is 3. The second kappa shape index (κ2) is 9.33. The number of aromatic nitrogens is 1. The molecule has 2 heterocycles. The van der Waals surface area contributed by atoms with E-state index in [9.17, 15) is 9.59 Å². The van der Waals surface area contributed by atoms with Gasteiger partial charge in [-0.05, 0) is 53.8 Å². The van der Waals surface area contributed by atoms with Crippen LogP contribution in [0.25, 0.3) is 11.8 Å². The van der Waals surface area contributed by atoms with Gasteiger partial charge < -0.3 is 9.47 Å². The van der Waals surface area contributed by atoms with Crippen LogP contribution < -0.4 is 24.4 Å². The van der Waals surface area contributed by atoms with Gasteiger partial charge in [-0.25, -0.2) is 4.99 Å². The van der Waals surface area contributed by atoms with E-state index in [0.29, 0.717) is 20.6 Å². The third-order valence-corrected chi connectivity index (χ3v) is 7.72. The Hall–Kier alpha value is -4.23. The number of carbonyl (C=O) groups excluding carboxylic acids is 1. The molecule has 1 atom stereocenters. The molecule has 0 spiro atoms. The first-order valence-corrected chi connectivity index (χ1v) is 12.9. The number of aryl methyl sites for hydroxylation is 1. The lowest BCUT2D eigenvalue weighted by Gasteiger charge is -2.31. The van der Waals surface area contributed by atoms with Gasteiger partial charge in [-0.15, -0.1) is 0 Å². The summed E-state index contributed by atoms with van der Waals surface area (Å²) < 4.78 is 13.2. The van der Waals surface area contributed by atoms with Gasteiger partial charge >= 0.3 is 5.97 Å². The normalized spacial score (nSPS) is 16.4. The number of allylic oxidation sites excluding steroid dienone is 1. The minimum atomic E-state index is -0.410. The Balaban J connectivity index is 1.60. The van der Waals surface area contributed by atoms with Crippen LogP contribution in [0.4, 0.5) is 0 Å².